The van der Waals surface area contributed by atoms with E-state index in [0.717, 1.165) is 0 Å². The summed E-state index contributed by atoms with van der Waals surface area (Å²) >= 11 is 0. The zero-order valence-electron chi connectivity index (χ0n) is 10.6. The topological polar surface area (TPSA) is 43.4 Å². The highest BCUT2D eigenvalue weighted by Crippen LogP contribution is 2.34. The molecule has 3 nitrogen and oxygen atoms in total. The quantitative estimate of drug-likeness (QED) is 0.466. The smallest absolute Gasteiger partial charge is 0.379 e. The molecule has 0 atom stereocenters. The van der Waals surface area contributed by atoms with Crippen molar-refractivity contribution in [2.45, 2.75) is 38.5 Å². The average molecular weight is 246 g/mol. The molecule has 2 rings (SSSR count). The second-order valence-corrected chi connectivity index (χ2v) is 4.66. The number of benzene rings is 1. The normalized spacial score (nSPS) is 15.6. The number of carbonyl (C=O) groups excluding carboxylic acids is 2. The van der Waals surface area contributed by atoms with Crippen molar-refractivity contribution < 1.29 is 14.3 Å². The van der Waals surface area contributed by atoms with Crippen molar-refractivity contribution in [1.29, 1.82) is 0 Å². The molecule has 96 valence electrons. The molecule has 1 aromatic rings. The maximum Gasteiger partial charge on any atom is 0.379 e. The van der Waals surface area contributed by atoms with Crippen LogP contribution in [0.5, 0.6) is 0 Å². The SMILES string of the molecule is CCOC(=O)C(=O)c1cccc(C2CCCC2)c1. The van der Waals surface area contributed by atoms with E-state index in [9.17, 15) is 9.59 Å². The molecular weight excluding hydrogens is 228 g/mol. The molecule has 1 aliphatic carbocycles. The molecule has 0 spiro atoms. The first-order chi connectivity index (χ1) is 8.72. The van der Waals surface area contributed by atoms with Crippen molar-refractivity contribution in [1.82, 2.24) is 0 Å². The third-order valence-electron chi connectivity index (χ3n) is 3.44. The van der Waals surface area contributed by atoms with Gasteiger partial charge in [-0.15, -0.1) is 0 Å². The minimum Gasteiger partial charge on any atom is -0.460 e. The van der Waals surface area contributed by atoms with Crippen molar-refractivity contribution >= 4 is 11.8 Å². The van der Waals surface area contributed by atoms with Crippen molar-refractivity contribution in [3.05, 3.63) is 35.4 Å². The van der Waals surface area contributed by atoms with Crippen LogP contribution in [0.3, 0.4) is 0 Å². The highest BCUT2D eigenvalue weighted by atomic mass is 16.5. The Morgan fingerprint density at radius 2 is 2.00 bits per heavy atom. The molecule has 18 heavy (non-hydrogen) atoms. The number of carbonyl (C=O) groups is 2. The zero-order chi connectivity index (χ0) is 13.0. The highest BCUT2D eigenvalue weighted by Gasteiger charge is 2.21. The summed E-state index contributed by atoms with van der Waals surface area (Å²) < 4.78 is 4.73. The lowest BCUT2D eigenvalue weighted by Crippen LogP contribution is -2.17. The molecule has 0 aromatic heterocycles. The lowest BCUT2D eigenvalue weighted by atomic mass is 9.95. The Bertz CT molecular complexity index is 445. The fourth-order valence-corrected chi connectivity index (χ4v) is 2.51. The lowest BCUT2D eigenvalue weighted by molar-refractivity contribution is -0.137. The Hall–Kier alpha value is -1.64. The van der Waals surface area contributed by atoms with Gasteiger partial charge in [0.1, 0.15) is 0 Å². The van der Waals surface area contributed by atoms with Gasteiger partial charge in [-0.1, -0.05) is 31.0 Å². The number of ketones is 1. The molecule has 0 heterocycles. The van der Waals surface area contributed by atoms with Gasteiger partial charge in [0.25, 0.3) is 5.78 Å². The second-order valence-electron chi connectivity index (χ2n) is 4.66. The van der Waals surface area contributed by atoms with Gasteiger partial charge in [0.15, 0.2) is 0 Å². The first-order valence-electron chi connectivity index (χ1n) is 6.53. The van der Waals surface area contributed by atoms with Crippen LogP contribution in [0.4, 0.5) is 0 Å². The molecule has 0 unspecified atom stereocenters. The van der Waals surface area contributed by atoms with Crippen LogP contribution >= 0.6 is 0 Å². The van der Waals surface area contributed by atoms with Gasteiger partial charge in [0.2, 0.25) is 0 Å². The van der Waals surface area contributed by atoms with Crippen LogP contribution in [0.25, 0.3) is 0 Å². The van der Waals surface area contributed by atoms with E-state index in [1.807, 2.05) is 18.2 Å². The Labute approximate surface area is 107 Å². The van der Waals surface area contributed by atoms with Crippen molar-refractivity contribution in [2.75, 3.05) is 6.61 Å². The minimum absolute atomic E-state index is 0.229. The van der Waals surface area contributed by atoms with Crippen LogP contribution in [0.15, 0.2) is 24.3 Å². The fourth-order valence-electron chi connectivity index (χ4n) is 2.51. The van der Waals surface area contributed by atoms with Gasteiger partial charge < -0.3 is 4.74 Å². The summed E-state index contributed by atoms with van der Waals surface area (Å²) in [6, 6.07) is 7.41. The summed E-state index contributed by atoms with van der Waals surface area (Å²) in [5, 5.41) is 0. The van der Waals surface area contributed by atoms with Crippen LogP contribution in [0, 0.1) is 0 Å². The number of Topliss-reactive ketones (excluding diaryl/α,β-unsaturated/α-hetero) is 1. The maximum absolute atomic E-state index is 11.8. The van der Waals surface area contributed by atoms with E-state index in [1.165, 1.54) is 31.2 Å². The Morgan fingerprint density at radius 1 is 1.28 bits per heavy atom. The highest BCUT2D eigenvalue weighted by molar-refractivity contribution is 6.40. The van der Waals surface area contributed by atoms with Gasteiger partial charge in [0, 0.05) is 5.56 Å². The molecule has 1 aliphatic rings. The van der Waals surface area contributed by atoms with Crippen LogP contribution in [0.2, 0.25) is 0 Å². The van der Waals surface area contributed by atoms with Gasteiger partial charge >= 0.3 is 5.97 Å². The molecule has 0 N–H and O–H groups in total. The van der Waals surface area contributed by atoms with E-state index < -0.39 is 11.8 Å². The summed E-state index contributed by atoms with van der Waals surface area (Å²) in [5.41, 5.74) is 1.61. The van der Waals surface area contributed by atoms with Crippen LogP contribution < -0.4 is 0 Å². The number of esters is 1. The minimum atomic E-state index is -0.763. The predicted molar refractivity (Wildman–Crippen MR) is 68.6 cm³/mol. The Balaban J connectivity index is 2.16. The molecule has 1 saturated carbocycles. The van der Waals surface area contributed by atoms with Crippen molar-refractivity contribution in [2.24, 2.45) is 0 Å². The van der Waals surface area contributed by atoms with Gasteiger partial charge in [-0.2, -0.15) is 0 Å². The van der Waals surface area contributed by atoms with E-state index in [1.54, 1.807) is 13.0 Å². The zero-order valence-corrected chi connectivity index (χ0v) is 10.6. The predicted octanol–water partition coefficient (Wildman–Crippen LogP) is 3.09. The monoisotopic (exact) mass is 246 g/mol. The maximum atomic E-state index is 11.8. The number of ether oxygens (including phenoxy) is 1. The van der Waals surface area contributed by atoms with Crippen LogP contribution in [-0.2, 0) is 9.53 Å². The van der Waals surface area contributed by atoms with Crippen molar-refractivity contribution in [3.63, 3.8) is 0 Å². The van der Waals surface area contributed by atoms with E-state index >= 15 is 0 Å². The first-order valence-corrected chi connectivity index (χ1v) is 6.53. The average Bonchev–Trinajstić information content (AvgIpc) is 2.92. The van der Waals surface area contributed by atoms with Gasteiger partial charge in [0.05, 0.1) is 6.61 Å². The molecule has 1 aromatic carbocycles. The molecule has 0 saturated heterocycles. The standard InChI is InChI=1S/C15H18O3/c1-2-18-15(17)14(16)13-9-5-8-12(10-13)11-6-3-4-7-11/h5,8-11H,2-4,6-7H2,1H3. The fraction of sp³-hybridized carbons (Fsp3) is 0.467. The molecule has 1 fully saturated rings. The third kappa shape index (κ3) is 2.78. The van der Waals surface area contributed by atoms with E-state index in [-0.39, 0.29) is 6.61 Å². The number of hydrogen-bond donors (Lipinski definition) is 0. The Kier molecular flexibility index (Phi) is 4.13. The van der Waals surface area contributed by atoms with Crippen LogP contribution in [0.1, 0.15) is 54.4 Å². The Morgan fingerprint density at radius 3 is 2.67 bits per heavy atom. The van der Waals surface area contributed by atoms with Gasteiger partial charge in [-0.25, -0.2) is 4.79 Å². The summed E-state index contributed by atoms with van der Waals surface area (Å²) in [7, 11) is 0. The molecular formula is C15H18O3. The first kappa shape index (κ1) is 12.8. The summed E-state index contributed by atoms with van der Waals surface area (Å²) in [4.78, 5) is 23.2. The number of rotatable bonds is 4. The second kappa shape index (κ2) is 5.80. The lowest BCUT2D eigenvalue weighted by Gasteiger charge is -2.10. The van der Waals surface area contributed by atoms with Gasteiger partial charge in [-0.05, 0) is 37.3 Å². The molecule has 3 heteroatoms. The molecule has 0 bridgehead atoms. The summed E-state index contributed by atoms with van der Waals surface area (Å²) in [5.74, 6) is -0.766. The van der Waals surface area contributed by atoms with E-state index in [2.05, 4.69) is 0 Å². The van der Waals surface area contributed by atoms with E-state index in [0.29, 0.717) is 11.5 Å². The summed E-state index contributed by atoms with van der Waals surface area (Å²) in [6.07, 6.45) is 4.86. The molecule has 0 radical (unpaired) electrons. The molecule has 0 amide bonds. The van der Waals surface area contributed by atoms with Crippen LogP contribution in [-0.4, -0.2) is 18.4 Å². The van der Waals surface area contributed by atoms with Crippen molar-refractivity contribution in [3.8, 4) is 0 Å². The largest absolute Gasteiger partial charge is 0.460 e. The van der Waals surface area contributed by atoms with E-state index in [4.69, 9.17) is 4.74 Å². The third-order valence-corrected chi connectivity index (χ3v) is 3.44. The summed E-state index contributed by atoms with van der Waals surface area (Å²) in [6.45, 7) is 1.92. The van der Waals surface area contributed by atoms with Gasteiger partial charge in [-0.3, -0.25) is 4.79 Å². The number of hydrogen-bond acceptors (Lipinski definition) is 3. The molecule has 0 aliphatic heterocycles.